The zero-order chi connectivity index (χ0) is 11.4. The van der Waals surface area contributed by atoms with Crippen LogP contribution in [-0.2, 0) is 23.9 Å². The number of allylic oxidation sites excluding steroid dienone is 1. The highest BCUT2D eigenvalue weighted by Crippen LogP contribution is 2.25. The molecule has 82 valence electrons. The normalized spacial score (nSPS) is 19.7. The molecule has 0 heterocycles. The van der Waals surface area contributed by atoms with Crippen molar-refractivity contribution in [1.29, 1.82) is 0 Å². The molecular formula is C10H12O5. The van der Waals surface area contributed by atoms with Gasteiger partial charge in [0.25, 0.3) is 0 Å². The number of methoxy groups -OCH3 is 2. The van der Waals surface area contributed by atoms with Crippen LogP contribution >= 0.6 is 0 Å². The Bertz CT molecular complexity index is 329. The van der Waals surface area contributed by atoms with Gasteiger partial charge < -0.3 is 9.47 Å². The average Bonchev–Trinajstić information content (AvgIpc) is 2.59. The van der Waals surface area contributed by atoms with Crippen LogP contribution in [0.5, 0.6) is 0 Å². The molecule has 15 heavy (non-hydrogen) atoms. The fourth-order valence-corrected chi connectivity index (χ4v) is 1.45. The largest absolute Gasteiger partial charge is 0.469 e. The highest BCUT2D eigenvalue weighted by atomic mass is 16.5. The lowest BCUT2D eigenvalue weighted by molar-refractivity contribution is -0.143. The Balaban J connectivity index is 2.60. The molecule has 1 unspecified atom stereocenters. The molecule has 0 aliphatic heterocycles. The maximum Gasteiger partial charge on any atom is 0.333 e. The van der Waals surface area contributed by atoms with E-state index in [4.69, 9.17) is 0 Å². The van der Waals surface area contributed by atoms with E-state index in [0.29, 0.717) is 5.57 Å². The summed E-state index contributed by atoms with van der Waals surface area (Å²) in [6.45, 7) is 0. The third-order valence-electron chi connectivity index (χ3n) is 2.27. The maximum absolute atomic E-state index is 11.4. The lowest BCUT2D eigenvalue weighted by Gasteiger charge is -2.06. The summed E-state index contributed by atoms with van der Waals surface area (Å²) in [4.78, 5) is 33.4. The van der Waals surface area contributed by atoms with Gasteiger partial charge in [-0.3, -0.25) is 9.59 Å². The lowest BCUT2D eigenvalue weighted by Crippen LogP contribution is -2.14. The summed E-state index contributed by atoms with van der Waals surface area (Å²) in [5, 5.41) is 0. The van der Waals surface area contributed by atoms with Crippen molar-refractivity contribution in [3.8, 4) is 0 Å². The molecule has 1 rings (SSSR count). The molecule has 0 amide bonds. The second-order valence-electron chi connectivity index (χ2n) is 3.24. The Morgan fingerprint density at radius 3 is 2.60 bits per heavy atom. The quantitative estimate of drug-likeness (QED) is 0.626. The molecule has 0 saturated carbocycles. The van der Waals surface area contributed by atoms with Gasteiger partial charge in [-0.15, -0.1) is 0 Å². The lowest BCUT2D eigenvalue weighted by atomic mass is 10.0. The van der Waals surface area contributed by atoms with Crippen molar-refractivity contribution in [1.82, 2.24) is 0 Å². The molecule has 1 aliphatic rings. The van der Waals surface area contributed by atoms with Crippen LogP contribution in [0.4, 0.5) is 0 Å². The van der Waals surface area contributed by atoms with E-state index in [1.54, 1.807) is 0 Å². The van der Waals surface area contributed by atoms with E-state index in [2.05, 4.69) is 9.47 Å². The predicted octanol–water partition coefficient (Wildman–Crippen LogP) is 0.238. The minimum absolute atomic E-state index is 0.00628. The molecular weight excluding hydrogens is 200 g/mol. The first-order chi connectivity index (χ1) is 7.08. The highest BCUT2D eigenvalue weighted by molar-refractivity contribution is 6.05. The number of rotatable bonds is 3. The van der Waals surface area contributed by atoms with Crippen molar-refractivity contribution in [3.63, 3.8) is 0 Å². The molecule has 1 aliphatic carbocycles. The van der Waals surface area contributed by atoms with Crippen LogP contribution in [0.25, 0.3) is 0 Å². The molecule has 0 aromatic rings. The Kier molecular flexibility index (Phi) is 3.60. The van der Waals surface area contributed by atoms with Crippen LogP contribution in [0.15, 0.2) is 11.6 Å². The number of carbonyl (C=O) groups is 3. The van der Waals surface area contributed by atoms with Crippen molar-refractivity contribution in [2.24, 2.45) is 5.92 Å². The Morgan fingerprint density at radius 2 is 2.07 bits per heavy atom. The summed E-state index contributed by atoms with van der Waals surface area (Å²) in [7, 11) is 2.51. The standard InChI is InChI=1S/C10H12O5/c1-14-9(12)5-6-3-7(4-8(6)11)10(13)15-2/h4,6H,3,5H2,1-2H3. The van der Waals surface area contributed by atoms with E-state index in [0.717, 1.165) is 0 Å². The van der Waals surface area contributed by atoms with Crippen LogP contribution < -0.4 is 0 Å². The van der Waals surface area contributed by atoms with E-state index < -0.39 is 17.9 Å². The molecule has 0 bridgehead atoms. The van der Waals surface area contributed by atoms with E-state index in [1.165, 1.54) is 20.3 Å². The predicted molar refractivity (Wildman–Crippen MR) is 49.8 cm³/mol. The van der Waals surface area contributed by atoms with Crippen LogP contribution in [0.2, 0.25) is 0 Å². The Morgan fingerprint density at radius 1 is 1.40 bits per heavy atom. The van der Waals surface area contributed by atoms with Gasteiger partial charge in [0.05, 0.1) is 20.6 Å². The van der Waals surface area contributed by atoms with Gasteiger partial charge in [0.15, 0.2) is 5.78 Å². The first kappa shape index (κ1) is 11.4. The third kappa shape index (κ3) is 2.65. The first-order valence-corrected chi connectivity index (χ1v) is 4.48. The van der Waals surface area contributed by atoms with Gasteiger partial charge in [-0.2, -0.15) is 0 Å². The summed E-state index contributed by atoms with van der Waals surface area (Å²) in [5.41, 5.74) is 0.316. The van der Waals surface area contributed by atoms with Gasteiger partial charge in [0.2, 0.25) is 0 Å². The second kappa shape index (κ2) is 4.72. The zero-order valence-corrected chi connectivity index (χ0v) is 8.61. The van der Waals surface area contributed by atoms with Gasteiger partial charge in [-0.25, -0.2) is 4.79 Å². The molecule has 0 radical (unpaired) electrons. The number of ketones is 1. The van der Waals surface area contributed by atoms with Crippen molar-refractivity contribution < 1.29 is 23.9 Å². The number of ether oxygens (including phenoxy) is 2. The first-order valence-electron chi connectivity index (χ1n) is 4.48. The summed E-state index contributed by atoms with van der Waals surface area (Å²) in [6.07, 6.45) is 1.49. The van der Waals surface area contributed by atoms with Crippen LogP contribution in [0, 0.1) is 5.92 Å². The number of esters is 2. The van der Waals surface area contributed by atoms with Crippen LogP contribution in [0.1, 0.15) is 12.8 Å². The average molecular weight is 212 g/mol. The summed E-state index contributed by atoms with van der Waals surface area (Å²) in [5.74, 6) is -1.67. The van der Waals surface area contributed by atoms with Gasteiger partial charge in [0, 0.05) is 11.5 Å². The molecule has 1 atom stereocenters. The molecule has 5 nitrogen and oxygen atoms in total. The molecule has 0 fully saturated rings. The Hall–Kier alpha value is -1.65. The maximum atomic E-state index is 11.4. The van der Waals surface area contributed by atoms with Crippen LogP contribution in [0.3, 0.4) is 0 Å². The minimum Gasteiger partial charge on any atom is -0.469 e. The van der Waals surface area contributed by atoms with Crippen LogP contribution in [-0.4, -0.2) is 31.9 Å². The van der Waals surface area contributed by atoms with Crippen molar-refractivity contribution in [3.05, 3.63) is 11.6 Å². The summed E-state index contributed by atoms with van der Waals surface area (Å²) in [6, 6.07) is 0. The molecule has 0 N–H and O–H groups in total. The van der Waals surface area contributed by atoms with Crippen molar-refractivity contribution in [2.45, 2.75) is 12.8 Å². The van der Waals surface area contributed by atoms with Gasteiger partial charge in [-0.1, -0.05) is 0 Å². The van der Waals surface area contributed by atoms with Gasteiger partial charge >= 0.3 is 11.9 Å². The SMILES string of the molecule is COC(=O)CC1CC(C(=O)OC)=CC1=O. The second-order valence-corrected chi connectivity index (χ2v) is 3.24. The molecule has 5 heteroatoms. The smallest absolute Gasteiger partial charge is 0.333 e. The highest BCUT2D eigenvalue weighted by Gasteiger charge is 2.31. The molecule has 0 aromatic carbocycles. The Labute approximate surface area is 87.0 Å². The molecule has 0 aromatic heterocycles. The van der Waals surface area contributed by atoms with E-state index >= 15 is 0 Å². The molecule has 0 saturated heterocycles. The topological polar surface area (TPSA) is 69.7 Å². The van der Waals surface area contributed by atoms with Crippen molar-refractivity contribution in [2.75, 3.05) is 14.2 Å². The third-order valence-corrected chi connectivity index (χ3v) is 2.27. The fourth-order valence-electron chi connectivity index (χ4n) is 1.45. The number of carbonyl (C=O) groups excluding carboxylic acids is 3. The van der Waals surface area contributed by atoms with E-state index in [1.807, 2.05) is 0 Å². The molecule has 0 spiro atoms. The van der Waals surface area contributed by atoms with Crippen molar-refractivity contribution >= 4 is 17.7 Å². The number of hydrogen-bond acceptors (Lipinski definition) is 5. The monoisotopic (exact) mass is 212 g/mol. The van der Waals surface area contributed by atoms with E-state index in [9.17, 15) is 14.4 Å². The van der Waals surface area contributed by atoms with E-state index in [-0.39, 0.29) is 18.6 Å². The zero-order valence-electron chi connectivity index (χ0n) is 8.61. The fraction of sp³-hybridized carbons (Fsp3) is 0.500. The summed E-state index contributed by atoms with van der Waals surface area (Å²) < 4.78 is 8.94. The van der Waals surface area contributed by atoms with Gasteiger partial charge in [0.1, 0.15) is 0 Å². The summed E-state index contributed by atoms with van der Waals surface area (Å²) >= 11 is 0. The number of hydrogen-bond donors (Lipinski definition) is 0. The minimum atomic E-state index is -0.518. The van der Waals surface area contributed by atoms with Gasteiger partial charge in [-0.05, 0) is 12.5 Å².